The highest BCUT2D eigenvalue weighted by molar-refractivity contribution is 9.10. The smallest absolute Gasteiger partial charge is 0.145 e. The van der Waals surface area contributed by atoms with Gasteiger partial charge in [-0.25, -0.2) is 9.97 Å². The number of hydrogen-bond acceptors (Lipinski definition) is 3. The average molecular weight is 306 g/mol. The van der Waals surface area contributed by atoms with E-state index in [0.29, 0.717) is 0 Å². The summed E-state index contributed by atoms with van der Waals surface area (Å²) in [4.78, 5) is 8.66. The van der Waals surface area contributed by atoms with Gasteiger partial charge in [0.15, 0.2) is 0 Å². The summed E-state index contributed by atoms with van der Waals surface area (Å²) in [5.74, 6) is 0.849. The molecule has 4 heteroatoms. The highest BCUT2D eigenvalue weighted by atomic mass is 79.9. The Labute approximate surface area is 116 Å². The van der Waals surface area contributed by atoms with E-state index in [1.807, 2.05) is 6.07 Å². The van der Waals surface area contributed by atoms with E-state index in [0.717, 1.165) is 23.3 Å². The lowest BCUT2D eigenvalue weighted by molar-refractivity contribution is 0.521. The van der Waals surface area contributed by atoms with Crippen molar-refractivity contribution in [2.45, 2.75) is 19.4 Å². The van der Waals surface area contributed by atoms with Crippen LogP contribution >= 0.6 is 15.9 Å². The van der Waals surface area contributed by atoms with Crippen molar-refractivity contribution in [3.05, 3.63) is 58.6 Å². The Balaban J connectivity index is 2.14. The van der Waals surface area contributed by atoms with Gasteiger partial charge in [-0.05, 0) is 36.7 Å². The third-order valence-corrected chi connectivity index (χ3v) is 3.23. The Hall–Kier alpha value is -1.26. The molecule has 0 aliphatic carbocycles. The summed E-state index contributed by atoms with van der Waals surface area (Å²) < 4.78 is 1.10. The van der Waals surface area contributed by atoms with Gasteiger partial charge < -0.3 is 5.32 Å². The molecule has 0 saturated carbocycles. The topological polar surface area (TPSA) is 37.8 Å². The molecular weight excluding hydrogens is 290 g/mol. The number of nitrogens with one attached hydrogen (secondary N) is 1. The zero-order valence-corrected chi connectivity index (χ0v) is 11.9. The first-order valence-electron chi connectivity index (χ1n) is 6.04. The maximum absolute atomic E-state index is 4.33. The standard InChI is InChI=1S/C14H16BrN3/c1-2-16-13(14-17-8-3-9-18-14)10-11-4-6-12(15)7-5-11/h3-9,13,16H,2,10H2,1H3. The highest BCUT2D eigenvalue weighted by Gasteiger charge is 2.13. The number of halogens is 1. The molecule has 94 valence electrons. The Morgan fingerprint density at radius 3 is 2.44 bits per heavy atom. The summed E-state index contributed by atoms with van der Waals surface area (Å²) in [6, 6.07) is 10.4. The zero-order valence-electron chi connectivity index (χ0n) is 10.3. The van der Waals surface area contributed by atoms with E-state index in [-0.39, 0.29) is 6.04 Å². The molecule has 1 aromatic heterocycles. The molecule has 1 unspecified atom stereocenters. The average Bonchev–Trinajstić information content (AvgIpc) is 2.42. The van der Waals surface area contributed by atoms with Gasteiger partial charge in [0.2, 0.25) is 0 Å². The fourth-order valence-corrected chi connectivity index (χ4v) is 2.11. The van der Waals surface area contributed by atoms with E-state index in [9.17, 15) is 0 Å². The van der Waals surface area contributed by atoms with Crippen molar-refractivity contribution in [2.75, 3.05) is 6.54 Å². The number of rotatable bonds is 5. The summed E-state index contributed by atoms with van der Waals surface area (Å²) in [6.07, 6.45) is 4.47. The summed E-state index contributed by atoms with van der Waals surface area (Å²) in [7, 11) is 0. The van der Waals surface area contributed by atoms with E-state index in [4.69, 9.17) is 0 Å². The van der Waals surface area contributed by atoms with Crippen LogP contribution in [0.15, 0.2) is 47.2 Å². The van der Waals surface area contributed by atoms with Crippen LogP contribution in [-0.4, -0.2) is 16.5 Å². The molecule has 0 spiro atoms. The molecule has 1 atom stereocenters. The van der Waals surface area contributed by atoms with Crippen LogP contribution in [-0.2, 0) is 6.42 Å². The van der Waals surface area contributed by atoms with Gasteiger partial charge in [0.25, 0.3) is 0 Å². The molecule has 2 aromatic rings. The van der Waals surface area contributed by atoms with Crippen LogP contribution in [0, 0.1) is 0 Å². The van der Waals surface area contributed by atoms with Crippen molar-refractivity contribution >= 4 is 15.9 Å². The van der Waals surface area contributed by atoms with Crippen molar-refractivity contribution in [3.63, 3.8) is 0 Å². The first-order valence-corrected chi connectivity index (χ1v) is 6.83. The summed E-state index contributed by atoms with van der Waals surface area (Å²) in [5.41, 5.74) is 1.27. The predicted octanol–water partition coefficient (Wildman–Crippen LogP) is 3.13. The van der Waals surface area contributed by atoms with Crippen LogP contribution in [0.25, 0.3) is 0 Å². The Morgan fingerprint density at radius 1 is 1.17 bits per heavy atom. The number of benzene rings is 1. The van der Waals surface area contributed by atoms with Gasteiger partial charge in [-0.3, -0.25) is 0 Å². The molecule has 0 fully saturated rings. The molecular formula is C14H16BrN3. The lowest BCUT2D eigenvalue weighted by Crippen LogP contribution is -2.24. The van der Waals surface area contributed by atoms with Crippen LogP contribution in [0.2, 0.25) is 0 Å². The molecule has 1 heterocycles. The van der Waals surface area contributed by atoms with Crippen LogP contribution in [0.1, 0.15) is 24.4 Å². The number of likely N-dealkylation sites (N-methyl/N-ethyl adjacent to an activating group) is 1. The van der Waals surface area contributed by atoms with E-state index in [1.165, 1.54) is 5.56 Å². The molecule has 0 amide bonds. The third-order valence-electron chi connectivity index (χ3n) is 2.70. The monoisotopic (exact) mass is 305 g/mol. The van der Waals surface area contributed by atoms with Gasteiger partial charge in [-0.2, -0.15) is 0 Å². The second kappa shape index (κ2) is 6.61. The minimum Gasteiger partial charge on any atom is -0.307 e. The van der Waals surface area contributed by atoms with Crippen molar-refractivity contribution < 1.29 is 0 Å². The van der Waals surface area contributed by atoms with Crippen molar-refractivity contribution in [1.29, 1.82) is 0 Å². The molecule has 0 saturated heterocycles. The second-order valence-electron chi connectivity index (χ2n) is 4.05. The van der Waals surface area contributed by atoms with Crippen molar-refractivity contribution in [3.8, 4) is 0 Å². The Kier molecular flexibility index (Phi) is 4.84. The van der Waals surface area contributed by atoms with Gasteiger partial charge in [0.05, 0.1) is 6.04 Å². The zero-order chi connectivity index (χ0) is 12.8. The summed E-state index contributed by atoms with van der Waals surface area (Å²) >= 11 is 3.45. The normalized spacial score (nSPS) is 12.3. The maximum atomic E-state index is 4.33. The molecule has 1 N–H and O–H groups in total. The van der Waals surface area contributed by atoms with Gasteiger partial charge in [0.1, 0.15) is 5.82 Å². The first-order chi connectivity index (χ1) is 8.79. The lowest BCUT2D eigenvalue weighted by atomic mass is 10.1. The third kappa shape index (κ3) is 3.62. The van der Waals surface area contributed by atoms with Crippen LogP contribution in [0.5, 0.6) is 0 Å². The number of aromatic nitrogens is 2. The quantitative estimate of drug-likeness (QED) is 0.922. The van der Waals surface area contributed by atoms with E-state index >= 15 is 0 Å². The first kappa shape index (κ1) is 13.2. The minimum atomic E-state index is 0.164. The molecule has 1 aromatic carbocycles. The van der Waals surface area contributed by atoms with Crippen molar-refractivity contribution in [2.24, 2.45) is 0 Å². The molecule has 0 aliphatic rings. The summed E-state index contributed by atoms with van der Waals surface area (Å²) in [5, 5.41) is 3.43. The molecule has 2 rings (SSSR count). The predicted molar refractivity (Wildman–Crippen MR) is 76.3 cm³/mol. The summed E-state index contributed by atoms with van der Waals surface area (Å²) in [6.45, 7) is 3.00. The van der Waals surface area contributed by atoms with Gasteiger partial charge in [-0.15, -0.1) is 0 Å². The van der Waals surface area contributed by atoms with Crippen LogP contribution in [0.3, 0.4) is 0 Å². The highest BCUT2D eigenvalue weighted by Crippen LogP contribution is 2.17. The van der Waals surface area contributed by atoms with Gasteiger partial charge in [-0.1, -0.05) is 35.0 Å². The fraction of sp³-hybridized carbons (Fsp3) is 0.286. The second-order valence-corrected chi connectivity index (χ2v) is 4.96. The number of hydrogen-bond donors (Lipinski definition) is 1. The molecule has 0 radical (unpaired) electrons. The van der Waals surface area contributed by atoms with E-state index in [1.54, 1.807) is 12.4 Å². The van der Waals surface area contributed by atoms with Crippen LogP contribution in [0.4, 0.5) is 0 Å². The largest absolute Gasteiger partial charge is 0.307 e. The van der Waals surface area contributed by atoms with Gasteiger partial charge in [0, 0.05) is 16.9 Å². The minimum absolute atomic E-state index is 0.164. The molecule has 0 bridgehead atoms. The Bertz CT molecular complexity index is 470. The van der Waals surface area contributed by atoms with Gasteiger partial charge >= 0.3 is 0 Å². The lowest BCUT2D eigenvalue weighted by Gasteiger charge is -2.16. The van der Waals surface area contributed by atoms with E-state index < -0.39 is 0 Å². The molecule has 3 nitrogen and oxygen atoms in total. The number of nitrogens with zero attached hydrogens (tertiary/aromatic N) is 2. The molecule has 0 aliphatic heterocycles. The molecule has 18 heavy (non-hydrogen) atoms. The Morgan fingerprint density at radius 2 is 1.83 bits per heavy atom. The van der Waals surface area contributed by atoms with E-state index in [2.05, 4.69) is 62.4 Å². The maximum Gasteiger partial charge on any atom is 0.145 e. The fourth-order valence-electron chi connectivity index (χ4n) is 1.85. The van der Waals surface area contributed by atoms with Crippen molar-refractivity contribution in [1.82, 2.24) is 15.3 Å². The SMILES string of the molecule is CCNC(Cc1ccc(Br)cc1)c1ncccn1. The van der Waals surface area contributed by atoms with Crippen LogP contribution < -0.4 is 5.32 Å².